The first kappa shape index (κ1) is 10.6. The van der Waals surface area contributed by atoms with Crippen LogP contribution in [0.3, 0.4) is 0 Å². The van der Waals surface area contributed by atoms with Gasteiger partial charge in [-0.25, -0.2) is 0 Å². The summed E-state index contributed by atoms with van der Waals surface area (Å²) in [4.78, 5) is 0. The average molecular weight is 179 g/mol. The third-order valence-corrected chi connectivity index (χ3v) is 3.19. The smallest absolute Gasteiger partial charge is 0.0212 e. The Labute approximate surface area is 82.3 Å². The van der Waals surface area contributed by atoms with Gasteiger partial charge in [0.15, 0.2) is 0 Å². The lowest BCUT2D eigenvalue weighted by atomic mass is 9.79. The van der Waals surface area contributed by atoms with Gasteiger partial charge in [0.05, 0.1) is 0 Å². The van der Waals surface area contributed by atoms with E-state index in [1.807, 2.05) is 0 Å². The Morgan fingerprint density at radius 3 is 2.46 bits per heavy atom. The molecule has 1 N–H and O–H groups in total. The summed E-state index contributed by atoms with van der Waals surface area (Å²) < 4.78 is 0. The van der Waals surface area contributed by atoms with E-state index >= 15 is 0 Å². The highest BCUT2D eigenvalue weighted by atomic mass is 14.9. The van der Waals surface area contributed by atoms with E-state index in [1.54, 1.807) is 0 Å². The Bertz CT molecular complexity index is 170. The second kappa shape index (κ2) is 5.29. The molecule has 0 aromatic carbocycles. The largest absolute Gasteiger partial charge is 0.313 e. The fourth-order valence-electron chi connectivity index (χ4n) is 2.40. The maximum atomic E-state index is 5.22. The average Bonchev–Trinajstić information content (AvgIpc) is 2.10. The fourth-order valence-corrected chi connectivity index (χ4v) is 2.40. The van der Waals surface area contributed by atoms with Crippen molar-refractivity contribution in [2.45, 2.75) is 45.6 Å². The van der Waals surface area contributed by atoms with Gasteiger partial charge in [0.2, 0.25) is 0 Å². The number of nitrogens with one attached hydrogen (secondary N) is 1. The maximum Gasteiger partial charge on any atom is 0.0212 e. The van der Waals surface area contributed by atoms with Gasteiger partial charge in [-0.1, -0.05) is 20.3 Å². The summed E-state index contributed by atoms with van der Waals surface area (Å²) in [5.74, 6) is 4.32. The minimum Gasteiger partial charge on any atom is -0.313 e. The molecule has 1 saturated carbocycles. The van der Waals surface area contributed by atoms with Crippen LogP contribution >= 0.6 is 0 Å². The Morgan fingerprint density at radius 1 is 1.31 bits per heavy atom. The molecule has 13 heavy (non-hydrogen) atoms. The fraction of sp³-hybridized carbons (Fsp3) is 0.833. The van der Waals surface area contributed by atoms with Crippen molar-refractivity contribution < 1.29 is 0 Å². The first-order valence-corrected chi connectivity index (χ1v) is 5.42. The van der Waals surface area contributed by atoms with E-state index in [-0.39, 0.29) is 0 Å². The molecule has 1 rings (SSSR count). The van der Waals surface area contributed by atoms with Gasteiger partial charge in [0.25, 0.3) is 0 Å². The summed E-state index contributed by atoms with van der Waals surface area (Å²) >= 11 is 0. The molecule has 1 nitrogen and oxygen atoms in total. The van der Waals surface area contributed by atoms with Crippen molar-refractivity contribution in [3.63, 3.8) is 0 Å². The van der Waals surface area contributed by atoms with Crippen LogP contribution < -0.4 is 5.32 Å². The molecule has 2 unspecified atom stereocenters. The molecule has 1 fully saturated rings. The Kier molecular flexibility index (Phi) is 4.32. The quantitative estimate of drug-likeness (QED) is 0.518. The van der Waals surface area contributed by atoms with Gasteiger partial charge < -0.3 is 5.32 Å². The van der Waals surface area contributed by atoms with Gasteiger partial charge in [-0.05, 0) is 24.7 Å². The van der Waals surface area contributed by atoms with Crippen molar-refractivity contribution in [3.05, 3.63) is 0 Å². The Balaban J connectivity index is 2.31. The molecule has 0 radical (unpaired) electrons. The van der Waals surface area contributed by atoms with E-state index in [2.05, 4.69) is 25.1 Å². The standard InChI is InChI=1S/C12H21N/c1-4-5-9-13-12-10(2)7-6-8-11(12)3/h1,10-13H,5-9H2,2-3H3. The molecule has 1 aliphatic carbocycles. The Morgan fingerprint density at radius 2 is 1.92 bits per heavy atom. The highest BCUT2D eigenvalue weighted by Crippen LogP contribution is 2.28. The SMILES string of the molecule is C#CCCNC1C(C)CCCC1C. The first-order chi connectivity index (χ1) is 6.25. The van der Waals surface area contributed by atoms with Gasteiger partial charge >= 0.3 is 0 Å². The molecule has 0 bridgehead atoms. The maximum absolute atomic E-state index is 5.22. The van der Waals surface area contributed by atoms with Crippen LogP contribution in [-0.4, -0.2) is 12.6 Å². The zero-order valence-electron chi connectivity index (χ0n) is 8.84. The molecule has 0 heterocycles. The molecule has 1 heteroatoms. The normalized spacial score (nSPS) is 34.1. The second-order valence-electron chi connectivity index (χ2n) is 4.32. The van der Waals surface area contributed by atoms with Crippen molar-refractivity contribution in [2.24, 2.45) is 11.8 Å². The van der Waals surface area contributed by atoms with E-state index in [1.165, 1.54) is 19.3 Å². The zero-order valence-corrected chi connectivity index (χ0v) is 8.84. The number of hydrogen-bond acceptors (Lipinski definition) is 1. The van der Waals surface area contributed by atoms with Crippen molar-refractivity contribution in [1.82, 2.24) is 5.32 Å². The summed E-state index contributed by atoms with van der Waals surface area (Å²) in [5.41, 5.74) is 0. The lowest BCUT2D eigenvalue weighted by Gasteiger charge is -2.35. The molecule has 0 spiro atoms. The van der Waals surface area contributed by atoms with Gasteiger partial charge in [0, 0.05) is 19.0 Å². The zero-order chi connectivity index (χ0) is 9.68. The summed E-state index contributed by atoms with van der Waals surface area (Å²) in [6, 6.07) is 0.696. The predicted molar refractivity (Wildman–Crippen MR) is 57.4 cm³/mol. The highest BCUT2D eigenvalue weighted by molar-refractivity contribution is 4.87. The van der Waals surface area contributed by atoms with Gasteiger partial charge in [-0.2, -0.15) is 0 Å². The second-order valence-corrected chi connectivity index (χ2v) is 4.32. The van der Waals surface area contributed by atoms with Crippen LogP contribution in [-0.2, 0) is 0 Å². The topological polar surface area (TPSA) is 12.0 Å². The molecule has 0 aliphatic heterocycles. The summed E-state index contributed by atoms with van der Waals surface area (Å²) in [6.45, 7) is 5.68. The number of hydrogen-bond donors (Lipinski definition) is 1. The highest BCUT2D eigenvalue weighted by Gasteiger charge is 2.26. The van der Waals surface area contributed by atoms with Crippen molar-refractivity contribution in [2.75, 3.05) is 6.54 Å². The van der Waals surface area contributed by atoms with Crippen LogP contribution in [0.5, 0.6) is 0 Å². The summed E-state index contributed by atoms with van der Waals surface area (Å²) in [6.07, 6.45) is 10.2. The minimum absolute atomic E-state index is 0.696. The van der Waals surface area contributed by atoms with E-state index < -0.39 is 0 Å². The summed E-state index contributed by atoms with van der Waals surface area (Å²) in [5, 5.41) is 3.58. The van der Waals surface area contributed by atoms with Crippen LogP contribution in [0.15, 0.2) is 0 Å². The van der Waals surface area contributed by atoms with E-state index in [4.69, 9.17) is 6.42 Å². The van der Waals surface area contributed by atoms with Gasteiger partial charge in [-0.15, -0.1) is 12.3 Å². The molecule has 1 aliphatic rings. The van der Waals surface area contributed by atoms with Gasteiger partial charge in [-0.3, -0.25) is 0 Å². The van der Waals surface area contributed by atoms with Crippen LogP contribution in [0.2, 0.25) is 0 Å². The third kappa shape index (κ3) is 3.04. The van der Waals surface area contributed by atoms with Crippen LogP contribution in [0.4, 0.5) is 0 Å². The minimum atomic E-state index is 0.696. The van der Waals surface area contributed by atoms with E-state index in [0.717, 1.165) is 24.8 Å². The molecule has 0 aromatic heterocycles. The first-order valence-electron chi connectivity index (χ1n) is 5.42. The lowest BCUT2D eigenvalue weighted by molar-refractivity contribution is 0.210. The summed E-state index contributed by atoms with van der Waals surface area (Å²) in [7, 11) is 0. The molecular weight excluding hydrogens is 158 g/mol. The molecule has 0 amide bonds. The number of rotatable bonds is 3. The van der Waals surface area contributed by atoms with E-state index in [0.29, 0.717) is 6.04 Å². The van der Waals surface area contributed by atoms with E-state index in [9.17, 15) is 0 Å². The van der Waals surface area contributed by atoms with Crippen LogP contribution in [0.1, 0.15) is 39.5 Å². The lowest BCUT2D eigenvalue weighted by Crippen LogP contribution is -2.43. The molecule has 0 saturated heterocycles. The number of terminal acetylenes is 1. The Hall–Kier alpha value is -0.480. The van der Waals surface area contributed by atoms with Crippen molar-refractivity contribution in [3.8, 4) is 12.3 Å². The van der Waals surface area contributed by atoms with Gasteiger partial charge in [0.1, 0.15) is 0 Å². The molecule has 74 valence electrons. The van der Waals surface area contributed by atoms with Crippen molar-refractivity contribution in [1.29, 1.82) is 0 Å². The monoisotopic (exact) mass is 179 g/mol. The molecule has 2 atom stereocenters. The predicted octanol–water partition coefficient (Wildman–Crippen LogP) is 2.42. The van der Waals surface area contributed by atoms with Crippen LogP contribution in [0.25, 0.3) is 0 Å². The molecular formula is C12H21N. The molecule has 0 aromatic rings. The van der Waals surface area contributed by atoms with Crippen LogP contribution in [0, 0.1) is 24.2 Å². The van der Waals surface area contributed by atoms with Crippen molar-refractivity contribution >= 4 is 0 Å². The third-order valence-electron chi connectivity index (χ3n) is 3.19.